The normalized spacial score (nSPS) is 15.1. The summed E-state index contributed by atoms with van der Waals surface area (Å²) in [5.74, 6) is -0.586. The van der Waals surface area contributed by atoms with Gasteiger partial charge in [0.2, 0.25) is 5.95 Å². The summed E-state index contributed by atoms with van der Waals surface area (Å²) >= 11 is 5.77. The van der Waals surface area contributed by atoms with Crippen LogP contribution < -0.4 is 10.5 Å². The highest BCUT2D eigenvalue weighted by atomic mass is 35.5. The maximum absolute atomic E-state index is 14.1. The van der Waals surface area contributed by atoms with E-state index in [4.69, 9.17) is 11.6 Å². The molecule has 0 unspecified atom stereocenters. The first kappa shape index (κ1) is 20.3. The van der Waals surface area contributed by atoms with Gasteiger partial charge < -0.3 is 9.80 Å². The van der Waals surface area contributed by atoms with E-state index in [2.05, 4.69) is 15.1 Å². The van der Waals surface area contributed by atoms with Crippen LogP contribution in [0.5, 0.6) is 0 Å². The summed E-state index contributed by atoms with van der Waals surface area (Å²) in [7, 11) is 0. The second-order valence-corrected chi connectivity index (χ2v) is 8.69. The lowest BCUT2D eigenvalue weighted by Gasteiger charge is -2.35. The fraction of sp³-hybridized carbons (Fsp3) is 0.400. The monoisotopic (exact) mass is 432 g/mol. The van der Waals surface area contributed by atoms with Crippen LogP contribution >= 0.6 is 11.6 Å². The van der Waals surface area contributed by atoms with Crippen LogP contribution in [0.25, 0.3) is 11.0 Å². The quantitative estimate of drug-likeness (QED) is 0.672. The lowest BCUT2D eigenvalue weighted by Crippen LogP contribution is -2.49. The van der Waals surface area contributed by atoms with Crippen molar-refractivity contribution in [2.75, 3.05) is 31.1 Å². The van der Waals surface area contributed by atoms with Crippen LogP contribution in [-0.2, 0) is 5.54 Å². The minimum absolute atomic E-state index is 0.00474. The topological polar surface area (TPSA) is 87.1 Å². The summed E-state index contributed by atoms with van der Waals surface area (Å²) in [6.45, 7) is 7.63. The zero-order valence-corrected chi connectivity index (χ0v) is 17.7. The van der Waals surface area contributed by atoms with Crippen LogP contribution in [0.4, 0.5) is 10.3 Å². The Bertz CT molecular complexity index is 1170. The Morgan fingerprint density at radius 2 is 1.90 bits per heavy atom. The van der Waals surface area contributed by atoms with Crippen molar-refractivity contribution in [2.45, 2.75) is 26.3 Å². The molecule has 10 heteroatoms. The number of anilines is 1. The number of H-pyrrole nitrogens is 1. The van der Waals surface area contributed by atoms with Crippen LogP contribution in [0.2, 0.25) is 5.02 Å². The predicted octanol–water partition coefficient (Wildman–Crippen LogP) is 2.63. The van der Waals surface area contributed by atoms with Crippen LogP contribution in [-0.4, -0.2) is 56.7 Å². The maximum atomic E-state index is 14.1. The molecule has 0 radical (unpaired) electrons. The van der Waals surface area contributed by atoms with Gasteiger partial charge in [0.15, 0.2) is 5.65 Å². The maximum Gasteiger partial charge on any atom is 0.263 e. The van der Waals surface area contributed by atoms with Gasteiger partial charge in [-0.25, -0.2) is 9.07 Å². The van der Waals surface area contributed by atoms with Crippen molar-refractivity contribution in [3.05, 3.63) is 51.2 Å². The van der Waals surface area contributed by atoms with Crippen LogP contribution in [0.15, 0.2) is 29.2 Å². The highest BCUT2D eigenvalue weighted by Crippen LogP contribution is 2.21. The molecule has 1 aliphatic rings. The molecule has 3 aromatic rings. The number of fused-ring (bicyclic) bond motifs is 1. The van der Waals surface area contributed by atoms with Gasteiger partial charge >= 0.3 is 0 Å². The van der Waals surface area contributed by atoms with Gasteiger partial charge in [0, 0.05) is 31.2 Å². The van der Waals surface area contributed by atoms with E-state index < -0.39 is 5.82 Å². The van der Waals surface area contributed by atoms with Gasteiger partial charge in [0.25, 0.3) is 11.5 Å². The molecule has 4 rings (SSSR count). The number of hydrogen-bond donors (Lipinski definition) is 1. The smallest absolute Gasteiger partial charge is 0.263 e. The summed E-state index contributed by atoms with van der Waals surface area (Å²) in [4.78, 5) is 36.1. The third-order valence-electron chi connectivity index (χ3n) is 5.09. The molecular weight excluding hydrogens is 411 g/mol. The molecule has 2 aromatic heterocycles. The molecule has 8 nitrogen and oxygen atoms in total. The standard InChI is InChI=1S/C20H22ClFN6O2/c1-20(2,3)28-16-14(11-23-28)17(29)25-19(24-16)27-8-6-26(7-9-27)18(30)13-5-4-12(21)10-15(13)22/h4-5,10-11H,6-9H2,1-3H3,(H,24,25,29). The Labute approximate surface area is 177 Å². The van der Waals surface area contributed by atoms with Crippen molar-refractivity contribution < 1.29 is 9.18 Å². The van der Waals surface area contributed by atoms with Crippen LogP contribution in [0.3, 0.4) is 0 Å². The summed E-state index contributed by atoms with van der Waals surface area (Å²) < 4.78 is 15.8. The zero-order valence-electron chi connectivity index (χ0n) is 16.9. The SMILES string of the molecule is CC(C)(C)n1ncc2c(=O)[nH]c(N3CCN(C(=O)c4ccc(Cl)cc4F)CC3)nc21. The lowest BCUT2D eigenvalue weighted by molar-refractivity contribution is 0.0741. The minimum atomic E-state index is -0.637. The number of hydrogen-bond acceptors (Lipinski definition) is 5. The Balaban J connectivity index is 1.55. The van der Waals surface area contributed by atoms with Gasteiger partial charge in [-0.3, -0.25) is 14.6 Å². The molecule has 0 atom stereocenters. The van der Waals surface area contributed by atoms with Gasteiger partial charge in [-0.15, -0.1) is 0 Å². The number of nitrogens with one attached hydrogen (secondary N) is 1. The van der Waals surface area contributed by atoms with E-state index in [-0.39, 0.29) is 27.6 Å². The van der Waals surface area contributed by atoms with Crippen molar-refractivity contribution in [3.63, 3.8) is 0 Å². The Hall–Kier alpha value is -2.94. The van der Waals surface area contributed by atoms with Gasteiger partial charge in [-0.1, -0.05) is 11.6 Å². The first-order valence-electron chi connectivity index (χ1n) is 9.63. The molecule has 30 heavy (non-hydrogen) atoms. The number of carbonyl (C=O) groups excluding carboxylic acids is 1. The van der Waals surface area contributed by atoms with Crippen molar-refractivity contribution in [1.29, 1.82) is 0 Å². The highest BCUT2D eigenvalue weighted by Gasteiger charge is 2.26. The molecule has 1 fully saturated rings. The predicted molar refractivity (Wildman–Crippen MR) is 113 cm³/mol. The van der Waals surface area contributed by atoms with E-state index in [0.717, 1.165) is 6.07 Å². The zero-order chi connectivity index (χ0) is 21.6. The number of rotatable bonds is 2. The van der Waals surface area contributed by atoms with Crippen molar-refractivity contribution >= 4 is 34.5 Å². The number of piperazine rings is 1. The molecule has 0 saturated carbocycles. The second-order valence-electron chi connectivity index (χ2n) is 8.26. The first-order chi connectivity index (χ1) is 14.1. The summed E-state index contributed by atoms with van der Waals surface area (Å²) in [6, 6.07) is 4.02. The van der Waals surface area contributed by atoms with Gasteiger partial charge in [-0.2, -0.15) is 10.1 Å². The number of aromatic amines is 1. The Morgan fingerprint density at radius 1 is 1.20 bits per heavy atom. The van der Waals surface area contributed by atoms with Crippen LogP contribution in [0, 0.1) is 5.82 Å². The van der Waals surface area contributed by atoms with E-state index in [1.54, 1.807) is 9.58 Å². The van der Waals surface area contributed by atoms with E-state index >= 15 is 0 Å². The summed E-state index contributed by atoms with van der Waals surface area (Å²) in [6.07, 6.45) is 1.52. The lowest BCUT2D eigenvalue weighted by atomic mass is 10.1. The molecule has 3 heterocycles. The van der Waals surface area contributed by atoms with E-state index in [1.165, 1.54) is 18.3 Å². The fourth-order valence-corrected chi connectivity index (χ4v) is 3.66. The Kier molecular flexibility index (Phi) is 5.01. The molecule has 0 aliphatic carbocycles. The largest absolute Gasteiger partial charge is 0.339 e. The molecule has 158 valence electrons. The van der Waals surface area contributed by atoms with E-state index in [1.807, 2.05) is 25.7 Å². The van der Waals surface area contributed by atoms with E-state index in [0.29, 0.717) is 43.2 Å². The van der Waals surface area contributed by atoms with Gasteiger partial charge in [0.1, 0.15) is 11.2 Å². The third-order valence-corrected chi connectivity index (χ3v) is 5.32. The number of benzene rings is 1. The Morgan fingerprint density at radius 3 is 2.53 bits per heavy atom. The summed E-state index contributed by atoms with van der Waals surface area (Å²) in [5, 5.41) is 4.99. The molecule has 0 spiro atoms. The average molecular weight is 433 g/mol. The second kappa shape index (κ2) is 7.39. The number of carbonyl (C=O) groups is 1. The van der Waals surface area contributed by atoms with Gasteiger partial charge in [0.05, 0.1) is 17.3 Å². The summed E-state index contributed by atoms with van der Waals surface area (Å²) in [5.41, 5.74) is -0.0711. The number of nitrogens with zero attached hydrogens (tertiary/aromatic N) is 5. The minimum Gasteiger partial charge on any atom is -0.339 e. The number of halogens is 2. The number of amides is 1. The van der Waals surface area contributed by atoms with Crippen LogP contribution in [0.1, 0.15) is 31.1 Å². The molecular formula is C20H22ClFN6O2. The first-order valence-corrected chi connectivity index (χ1v) is 10.0. The van der Waals surface area contributed by atoms with Crippen molar-refractivity contribution in [2.24, 2.45) is 0 Å². The van der Waals surface area contributed by atoms with E-state index in [9.17, 15) is 14.0 Å². The average Bonchev–Trinajstić information content (AvgIpc) is 3.13. The fourth-order valence-electron chi connectivity index (χ4n) is 3.50. The van der Waals surface area contributed by atoms with Crippen molar-refractivity contribution in [1.82, 2.24) is 24.6 Å². The molecule has 1 aliphatic heterocycles. The molecule has 1 amide bonds. The highest BCUT2D eigenvalue weighted by molar-refractivity contribution is 6.30. The molecule has 1 N–H and O–H groups in total. The third kappa shape index (κ3) is 3.65. The molecule has 1 saturated heterocycles. The van der Waals surface area contributed by atoms with Gasteiger partial charge in [-0.05, 0) is 39.0 Å². The molecule has 1 aromatic carbocycles. The number of aromatic nitrogens is 4. The molecule has 0 bridgehead atoms. The van der Waals surface area contributed by atoms with Crippen molar-refractivity contribution in [3.8, 4) is 0 Å².